The lowest BCUT2D eigenvalue weighted by molar-refractivity contribution is -0.114. The smallest absolute Gasteiger partial charge is 0.261 e. The molecule has 0 aliphatic heterocycles. The minimum Gasteiger partial charge on any atom is -0.326 e. The van der Waals surface area contributed by atoms with E-state index in [2.05, 4.69) is 38.4 Å². The Hall–Kier alpha value is -3.69. The number of fused-ring (bicyclic) bond motifs is 2. The van der Waals surface area contributed by atoms with E-state index in [9.17, 15) is 13.2 Å². The van der Waals surface area contributed by atoms with Crippen LogP contribution >= 0.6 is 11.3 Å². The lowest BCUT2D eigenvalue weighted by atomic mass is 10.1. The largest absolute Gasteiger partial charge is 0.326 e. The van der Waals surface area contributed by atoms with Crippen molar-refractivity contribution in [3.05, 3.63) is 72.9 Å². The van der Waals surface area contributed by atoms with Crippen LogP contribution in [0.1, 0.15) is 6.92 Å². The average Bonchev–Trinajstić information content (AvgIpc) is 3.39. The number of aromatic nitrogens is 2. The van der Waals surface area contributed by atoms with E-state index in [4.69, 9.17) is 0 Å². The monoisotopic (exact) mass is 462 g/mol. The van der Waals surface area contributed by atoms with Crippen LogP contribution in [0.3, 0.4) is 0 Å². The fraction of sp³-hybridized carbons (Fsp3) is 0.0435. The van der Waals surface area contributed by atoms with Crippen molar-refractivity contribution in [3.8, 4) is 10.4 Å². The summed E-state index contributed by atoms with van der Waals surface area (Å²) in [5, 5.41) is 11.7. The van der Waals surface area contributed by atoms with Gasteiger partial charge in [0.05, 0.1) is 22.3 Å². The summed E-state index contributed by atoms with van der Waals surface area (Å²) in [5.74, 6) is -0.221. The van der Waals surface area contributed by atoms with Crippen molar-refractivity contribution in [1.82, 2.24) is 10.2 Å². The molecular formula is C23H18N4O3S2. The molecule has 1 amide bonds. The summed E-state index contributed by atoms with van der Waals surface area (Å²) in [6.07, 6.45) is 1.67. The molecule has 0 radical (unpaired) electrons. The third-order valence-corrected chi connectivity index (χ3v) is 7.52. The van der Waals surface area contributed by atoms with E-state index in [1.807, 2.05) is 18.2 Å². The minimum absolute atomic E-state index is 0.0994. The van der Waals surface area contributed by atoms with Crippen molar-refractivity contribution in [1.29, 1.82) is 0 Å². The number of carbonyl (C=O) groups is 1. The predicted molar refractivity (Wildman–Crippen MR) is 128 cm³/mol. The number of anilines is 2. The Morgan fingerprint density at radius 1 is 0.969 bits per heavy atom. The highest BCUT2D eigenvalue weighted by Gasteiger charge is 2.17. The van der Waals surface area contributed by atoms with Gasteiger partial charge in [0.2, 0.25) is 5.91 Å². The van der Waals surface area contributed by atoms with Gasteiger partial charge >= 0.3 is 0 Å². The van der Waals surface area contributed by atoms with Crippen LogP contribution in [0.15, 0.2) is 77.8 Å². The molecule has 0 spiro atoms. The zero-order chi connectivity index (χ0) is 22.3. The van der Waals surface area contributed by atoms with Crippen LogP contribution in [0.25, 0.3) is 31.4 Å². The number of amides is 1. The van der Waals surface area contributed by atoms with Crippen molar-refractivity contribution in [2.45, 2.75) is 11.8 Å². The number of nitrogens with one attached hydrogen (secondary N) is 3. The van der Waals surface area contributed by atoms with E-state index in [1.54, 1.807) is 35.7 Å². The molecule has 0 saturated heterocycles. The van der Waals surface area contributed by atoms with Gasteiger partial charge in [-0.15, -0.1) is 11.3 Å². The maximum absolute atomic E-state index is 13.0. The highest BCUT2D eigenvalue weighted by molar-refractivity contribution is 7.92. The summed E-state index contributed by atoms with van der Waals surface area (Å²) in [7, 11) is -3.82. The van der Waals surface area contributed by atoms with Crippen LogP contribution in [-0.4, -0.2) is 24.5 Å². The Morgan fingerprint density at radius 2 is 1.75 bits per heavy atom. The maximum atomic E-state index is 13.0. The van der Waals surface area contributed by atoms with E-state index in [0.717, 1.165) is 31.4 Å². The van der Waals surface area contributed by atoms with Gasteiger partial charge < -0.3 is 5.32 Å². The Kier molecular flexibility index (Phi) is 4.91. The van der Waals surface area contributed by atoms with Gasteiger partial charge in [0, 0.05) is 33.1 Å². The summed E-state index contributed by atoms with van der Waals surface area (Å²) in [4.78, 5) is 12.3. The minimum atomic E-state index is -3.82. The van der Waals surface area contributed by atoms with Gasteiger partial charge in [0.15, 0.2) is 0 Å². The molecule has 5 aromatic rings. The summed E-state index contributed by atoms with van der Waals surface area (Å²) in [5.41, 5.74) is 2.69. The standard InChI is InChI=1S/C23H18N4O3S2/c1-14(28)25-17-6-8-19(9-7-17)32(29,30)27-18-10-16-13-24-26-23(16)20(12-18)22-11-15-4-2-3-5-21(15)31-22/h2-13,27H,1H3,(H,24,26)(H,25,28). The highest BCUT2D eigenvalue weighted by atomic mass is 32.2. The van der Waals surface area contributed by atoms with Gasteiger partial charge in [0.25, 0.3) is 10.0 Å². The normalized spacial score (nSPS) is 11.7. The lowest BCUT2D eigenvalue weighted by Crippen LogP contribution is -2.13. The molecule has 3 aromatic carbocycles. The van der Waals surface area contributed by atoms with E-state index in [-0.39, 0.29) is 10.8 Å². The van der Waals surface area contributed by atoms with Crippen LogP contribution in [0.2, 0.25) is 0 Å². The molecule has 160 valence electrons. The van der Waals surface area contributed by atoms with Gasteiger partial charge in [-0.3, -0.25) is 14.6 Å². The van der Waals surface area contributed by atoms with E-state index in [0.29, 0.717) is 11.4 Å². The SMILES string of the molecule is CC(=O)Nc1ccc(S(=O)(=O)Nc2cc(-c3cc4ccccc4s3)c3[nH]ncc3c2)cc1. The second-order valence-electron chi connectivity index (χ2n) is 7.32. The molecule has 9 heteroatoms. The molecule has 32 heavy (non-hydrogen) atoms. The summed E-state index contributed by atoms with van der Waals surface area (Å²) < 4.78 is 29.8. The van der Waals surface area contributed by atoms with Crippen molar-refractivity contribution in [3.63, 3.8) is 0 Å². The first-order chi connectivity index (χ1) is 15.4. The Balaban J connectivity index is 1.52. The van der Waals surface area contributed by atoms with Gasteiger partial charge in [0.1, 0.15) is 0 Å². The molecule has 0 atom stereocenters. The number of thiophene rings is 1. The number of hydrogen-bond acceptors (Lipinski definition) is 5. The Labute approximate surface area is 188 Å². The predicted octanol–water partition coefficient (Wildman–Crippen LogP) is 5.20. The van der Waals surface area contributed by atoms with Gasteiger partial charge in [-0.05, 0) is 53.9 Å². The summed E-state index contributed by atoms with van der Waals surface area (Å²) in [6, 6.07) is 19.8. The van der Waals surface area contributed by atoms with Crippen molar-refractivity contribution >= 4 is 59.6 Å². The fourth-order valence-corrected chi connectivity index (χ4v) is 5.69. The molecule has 3 N–H and O–H groups in total. The third-order valence-electron chi connectivity index (χ3n) is 4.98. The number of rotatable bonds is 5. The van der Waals surface area contributed by atoms with E-state index < -0.39 is 10.0 Å². The number of H-pyrrole nitrogens is 1. The maximum Gasteiger partial charge on any atom is 0.261 e. The van der Waals surface area contributed by atoms with Crippen molar-refractivity contribution in [2.75, 3.05) is 10.0 Å². The van der Waals surface area contributed by atoms with Crippen LogP contribution in [0.4, 0.5) is 11.4 Å². The Bertz CT molecular complexity index is 1540. The third kappa shape index (κ3) is 3.83. The van der Waals surface area contributed by atoms with Crippen LogP contribution < -0.4 is 10.0 Å². The lowest BCUT2D eigenvalue weighted by Gasteiger charge is -2.11. The van der Waals surface area contributed by atoms with Gasteiger partial charge in [-0.2, -0.15) is 5.10 Å². The summed E-state index contributed by atoms with van der Waals surface area (Å²) in [6.45, 7) is 1.40. The topological polar surface area (TPSA) is 104 Å². The first kappa shape index (κ1) is 20.2. The first-order valence-corrected chi connectivity index (χ1v) is 12.1. The number of hydrogen-bond donors (Lipinski definition) is 3. The molecule has 2 aromatic heterocycles. The number of carbonyl (C=O) groups excluding carboxylic acids is 1. The molecule has 0 fully saturated rings. The zero-order valence-electron chi connectivity index (χ0n) is 16.9. The molecule has 0 aliphatic rings. The quantitative estimate of drug-likeness (QED) is 0.334. The fourth-order valence-electron chi connectivity index (χ4n) is 3.56. The molecule has 0 unspecified atom stereocenters. The number of benzene rings is 3. The summed E-state index contributed by atoms with van der Waals surface area (Å²) >= 11 is 1.64. The highest BCUT2D eigenvalue weighted by Crippen LogP contribution is 2.38. The first-order valence-electron chi connectivity index (χ1n) is 9.76. The number of nitrogens with zero attached hydrogens (tertiary/aromatic N) is 1. The van der Waals surface area contributed by atoms with Crippen molar-refractivity contribution in [2.24, 2.45) is 0 Å². The van der Waals surface area contributed by atoms with Crippen LogP contribution in [-0.2, 0) is 14.8 Å². The van der Waals surface area contributed by atoms with Gasteiger partial charge in [-0.25, -0.2) is 8.42 Å². The van der Waals surface area contributed by atoms with Crippen molar-refractivity contribution < 1.29 is 13.2 Å². The number of aromatic amines is 1. The average molecular weight is 463 g/mol. The second kappa shape index (κ2) is 7.77. The molecule has 0 aliphatic carbocycles. The van der Waals surface area contributed by atoms with Gasteiger partial charge in [-0.1, -0.05) is 18.2 Å². The molecule has 2 heterocycles. The second-order valence-corrected chi connectivity index (χ2v) is 10.1. The Morgan fingerprint density at radius 3 is 2.50 bits per heavy atom. The molecule has 0 bridgehead atoms. The molecule has 0 saturated carbocycles. The van der Waals surface area contributed by atoms with Crippen LogP contribution in [0, 0.1) is 0 Å². The number of sulfonamides is 1. The molecule has 7 nitrogen and oxygen atoms in total. The van der Waals surface area contributed by atoms with Crippen LogP contribution in [0.5, 0.6) is 0 Å². The van der Waals surface area contributed by atoms with E-state index >= 15 is 0 Å². The molecular weight excluding hydrogens is 444 g/mol. The van der Waals surface area contributed by atoms with E-state index in [1.165, 1.54) is 19.1 Å². The molecule has 5 rings (SSSR count). The zero-order valence-corrected chi connectivity index (χ0v) is 18.5.